The van der Waals surface area contributed by atoms with Gasteiger partial charge >= 0.3 is 0 Å². The van der Waals surface area contributed by atoms with E-state index in [1.807, 2.05) is 12.1 Å². The van der Waals surface area contributed by atoms with Crippen LogP contribution < -0.4 is 14.8 Å². The quantitative estimate of drug-likeness (QED) is 0.892. The minimum atomic E-state index is -0.205. The summed E-state index contributed by atoms with van der Waals surface area (Å²) in [6.07, 6.45) is 8.53. The maximum absolute atomic E-state index is 12.7. The van der Waals surface area contributed by atoms with Crippen LogP contribution in [0.5, 0.6) is 11.5 Å². The molecule has 4 bridgehead atoms. The average molecular weight is 355 g/mol. The lowest BCUT2D eigenvalue weighted by atomic mass is 9.53. The molecule has 1 heterocycles. The molecule has 0 atom stereocenters. The number of carbonyl (C=O) groups is 1. The summed E-state index contributed by atoms with van der Waals surface area (Å²) in [6, 6.07) is 5.96. The lowest BCUT2D eigenvalue weighted by molar-refractivity contribution is -0.128. The van der Waals surface area contributed by atoms with Crippen molar-refractivity contribution < 1.29 is 14.3 Å². The Bertz CT molecular complexity index is 704. The van der Waals surface area contributed by atoms with Gasteiger partial charge in [-0.2, -0.15) is 0 Å². The average Bonchev–Trinajstić information content (AvgIpc) is 2.85. The van der Waals surface area contributed by atoms with Crippen LogP contribution in [-0.2, 0) is 11.2 Å². The molecule has 0 saturated heterocycles. The van der Waals surface area contributed by atoms with Crippen LogP contribution in [-0.4, -0.2) is 23.7 Å². The van der Waals surface area contributed by atoms with Crippen molar-refractivity contribution in [1.29, 1.82) is 0 Å². The van der Waals surface area contributed by atoms with Gasteiger partial charge in [-0.3, -0.25) is 4.79 Å². The van der Waals surface area contributed by atoms with Crippen molar-refractivity contribution in [3.05, 3.63) is 23.8 Å². The fourth-order valence-corrected chi connectivity index (χ4v) is 6.44. The summed E-state index contributed by atoms with van der Waals surface area (Å²) in [5.41, 5.74) is 1.00. The number of hydrogen-bond acceptors (Lipinski definition) is 3. The highest BCUT2D eigenvalue weighted by atomic mass is 16.5. The van der Waals surface area contributed by atoms with E-state index in [4.69, 9.17) is 9.47 Å². The van der Waals surface area contributed by atoms with E-state index in [2.05, 4.69) is 25.2 Å². The number of para-hydroxylation sites is 1. The molecule has 1 N–H and O–H groups in total. The number of ether oxygens (including phenoxy) is 2. The van der Waals surface area contributed by atoms with E-state index in [-0.39, 0.29) is 23.7 Å². The normalized spacial score (nSPS) is 35.7. The molecule has 4 fully saturated rings. The fraction of sp³-hybridized carbons (Fsp3) is 0.682. The number of benzene rings is 1. The second-order valence-corrected chi connectivity index (χ2v) is 9.82. The van der Waals surface area contributed by atoms with E-state index < -0.39 is 0 Å². The second-order valence-electron chi connectivity index (χ2n) is 9.82. The lowest BCUT2D eigenvalue weighted by Crippen LogP contribution is -2.60. The number of rotatable bonds is 4. The molecule has 4 heteroatoms. The van der Waals surface area contributed by atoms with E-state index in [9.17, 15) is 4.79 Å². The first-order valence-corrected chi connectivity index (χ1v) is 10.1. The van der Waals surface area contributed by atoms with Crippen molar-refractivity contribution in [3.8, 4) is 11.5 Å². The Labute approximate surface area is 155 Å². The van der Waals surface area contributed by atoms with Crippen molar-refractivity contribution in [2.45, 2.75) is 69.9 Å². The molecule has 1 aliphatic heterocycles. The molecular formula is C22H29NO3. The number of hydrogen-bond donors (Lipinski definition) is 1. The topological polar surface area (TPSA) is 47.6 Å². The third-order valence-electron chi connectivity index (χ3n) is 6.86. The smallest absolute Gasteiger partial charge is 0.258 e. The minimum absolute atomic E-state index is 0.0156. The highest BCUT2D eigenvalue weighted by Gasteiger charge is 2.51. The first kappa shape index (κ1) is 16.5. The predicted molar refractivity (Wildman–Crippen MR) is 99.4 cm³/mol. The minimum Gasteiger partial charge on any atom is -0.483 e. The van der Waals surface area contributed by atoms with Gasteiger partial charge in [-0.05, 0) is 76.2 Å². The van der Waals surface area contributed by atoms with Crippen LogP contribution in [0.15, 0.2) is 18.2 Å². The Balaban J connectivity index is 1.24. The first-order valence-electron chi connectivity index (χ1n) is 10.1. The van der Waals surface area contributed by atoms with Gasteiger partial charge in [0.2, 0.25) is 0 Å². The fourth-order valence-electron chi connectivity index (χ4n) is 6.44. The van der Waals surface area contributed by atoms with Gasteiger partial charge in [0.15, 0.2) is 18.1 Å². The molecule has 4 nitrogen and oxygen atoms in total. The molecule has 0 radical (unpaired) electrons. The number of fused-ring (bicyclic) bond motifs is 1. The van der Waals surface area contributed by atoms with E-state index in [1.54, 1.807) is 0 Å². The van der Waals surface area contributed by atoms with Gasteiger partial charge in [0.1, 0.15) is 5.60 Å². The highest BCUT2D eigenvalue weighted by Crippen LogP contribution is 2.55. The molecule has 1 aromatic carbocycles. The van der Waals surface area contributed by atoms with Gasteiger partial charge in [-0.1, -0.05) is 12.1 Å². The van der Waals surface area contributed by atoms with Crippen molar-refractivity contribution in [3.63, 3.8) is 0 Å². The maximum Gasteiger partial charge on any atom is 0.258 e. The van der Waals surface area contributed by atoms with Crippen molar-refractivity contribution in [2.75, 3.05) is 6.61 Å². The van der Waals surface area contributed by atoms with E-state index in [1.165, 1.54) is 38.5 Å². The Hall–Kier alpha value is -1.71. The van der Waals surface area contributed by atoms with Gasteiger partial charge in [0, 0.05) is 17.5 Å². The Morgan fingerprint density at radius 3 is 2.46 bits per heavy atom. The summed E-state index contributed by atoms with van der Waals surface area (Å²) in [5, 5.41) is 3.37. The molecule has 0 aromatic heterocycles. The van der Waals surface area contributed by atoms with Gasteiger partial charge in [-0.15, -0.1) is 0 Å². The molecule has 26 heavy (non-hydrogen) atoms. The summed E-state index contributed by atoms with van der Waals surface area (Å²) in [6.45, 7) is 4.23. The van der Waals surface area contributed by atoms with Crippen LogP contribution in [0, 0.1) is 17.8 Å². The molecule has 4 saturated carbocycles. The molecule has 0 spiro atoms. The molecule has 4 aliphatic carbocycles. The Morgan fingerprint density at radius 1 is 1.15 bits per heavy atom. The zero-order chi connectivity index (χ0) is 17.9. The number of amides is 1. The van der Waals surface area contributed by atoms with Gasteiger partial charge in [0.25, 0.3) is 5.91 Å². The van der Waals surface area contributed by atoms with Crippen LogP contribution in [0.1, 0.15) is 57.9 Å². The Morgan fingerprint density at radius 2 is 1.81 bits per heavy atom. The molecule has 140 valence electrons. The van der Waals surface area contributed by atoms with E-state index in [0.29, 0.717) is 5.75 Å². The van der Waals surface area contributed by atoms with E-state index >= 15 is 0 Å². The van der Waals surface area contributed by atoms with Gasteiger partial charge < -0.3 is 14.8 Å². The highest BCUT2D eigenvalue weighted by molar-refractivity contribution is 5.78. The molecule has 1 amide bonds. The second kappa shape index (κ2) is 5.64. The van der Waals surface area contributed by atoms with Crippen molar-refractivity contribution >= 4 is 5.91 Å². The third kappa shape index (κ3) is 2.87. The number of carbonyl (C=O) groups excluding carboxylic acids is 1. The SMILES string of the molecule is CC1(C)Cc2cccc(OCC(=O)NC34CC5CC(CC(C5)C3)C4)c2O1. The van der Waals surface area contributed by atoms with Crippen molar-refractivity contribution in [2.24, 2.45) is 17.8 Å². The predicted octanol–water partition coefficient (Wildman–Crippen LogP) is 3.86. The molecule has 5 aliphatic rings. The molecule has 1 aromatic rings. The van der Waals surface area contributed by atoms with Crippen LogP contribution in [0.2, 0.25) is 0 Å². The summed E-state index contributed by atoms with van der Waals surface area (Å²) < 4.78 is 11.9. The van der Waals surface area contributed by atoms with Crippen LogP contribution in [0.25, 0.3) is 0 Å². The molecule has 0 unspecified atom stereocenters. The number of nitrogens with one attached hydrogen (secondary N) is 1. The zero-order valence-corrected chi connectivity index (χ0v) is 15.8. The van der Waals surface area contributed by atoms with Crippen LogP contribution in [0.3, 0.4) is 0 Å². The molecule has 6 rings (SSSR count). The summed E-state index contributed by atoms with van der Waals surface area (Å²) >= 11 is 0. The maximum atomic E-state index is 12.7. The van der Waals surface area contributed by atoms with Crippen LogP contribution in [0.4, 0.5) is 0 Å². The van der Waals surface area contributed by atoms with Crippen molar-refractivity contribution in [1.82, 2.24) is 5.32 Å². The lowest BCUT2D eigenvalue weighted by Gasteiger charge is -2.56. The largest absolute Gasteiger partial charge is 0.483 e. The summed E-state index contributed by atoms with van der Waals surface area (Å²) in [7, 11) is 0. The Kier molecular flexibility index (Phi) is 3.57. The summed E-state index contributed by atoms with van der Waals surface area (Å²) in [4.78, 5) is 12.7. The van der Waals surface area contributed by atoms with Gasteiger partial charge in [-0.25, -0.2) is 0 Å². The summed E-state index contributed by atoms with van der Waals surface area (Å²) in [5.74, 6) is 4.00. The standard InChI is InChI=1S/C22H29NO3/c1-21(2)12-17-4-3-5-18(20(17)26-21)25-13-19(24)23-22-9-14-6-15(10-22)8-16(7-14)11-22/h3-5,14-16H,6-13H2,1-2H3,(H,23,24). The van der Waals surface area contributed by atoms with Crippen LogP contribution >= 0.6 is 0 Å². The first-order chi connectivity index (χ1) is 12.4. The van der Waals surface area contributed by atoms with Gasteiger partial charge in [0.05, 0.1) is 0 Å². The zero-order valence-electron chi connectivity index (χ0n) is 15.8. The van der Waals surface area contributed by atoms with E-state index in [0.717, 1.165) is 35.5 Å². The third-order valence-corrected chi connectivity index (χ3v) is 6.86. The molecular weight excluding hydrogens is 326 g/mol. The monoisotopic (exact) mass is 355 g/mol.